The van der Waals surface area contributed by atoms with Crippen LogP contribution >= 0.6 is 0 Å². The van der Waals surface area contributed by atoms with Crippen molar-refractivity contribution in [3.05, 3.63) is 0 Å². The van der Waals surface area contributed by atoms with Gasteiger partial charge in [0.2, 0.25) is 0 Å². The Balaban J connectivity index is -0.0000000817. The Hall–Kier alpha value is 1.19. The van der Waals surface area contributed by atoms with E-state index in [4.69, 9.17) is 0 Å². The maximum absolute atomic E-state index is 3.24. The summed E-state index contributed by atoms with van der Waals surface area (Å²) in [4.78, 5) is 2.17. The average Bonchev–Trinajstić information content (AvgIpc) is 1.66. The molecule has 0 aromatic heterocycles. The molecule has 5 heteroatoms. The van der Waals surface area contributed by atoms with Crippen LogP contribution in [0, 0.1) is 0 Å². The second kappa shape index (κ2) is 17.3. The molecule has 0 bridgehead atoms. The molecule has 74 valence electrons. The summed E-state index contributed by atoms with van der Waals surface area (Å²) in [6.45, 7) is 5.43. The van der Waals surface area contributed by atoms with Crippen LogP contribution in [0.15, 0.2) is 0 Å². The van der Waals surface area contributed by atoms with Gasteiger partial charge in [-0.15, -0.1) is 0 Å². The molecule has 0 aromatic carbocycles. The van der Waals surface area contributed by atoms with Crippen LogP contribution in [0.4, 0.5) is 0 Å². The molecule has 0 saturated carbocycles. The second-order valence-electron chi connectivity index (χ2n) is 2.16. The number of rotatable bonds is 4. The predicted octanol–water partition coefficient (Wildman–Crippen LogP) is -5.84. The zero-order valence-corrected chi connectivity index (χ0v) is 10.9. The van der Waals surface area contributed by atoms with Crippen LogP contribution in [-0.2, 0) is 21.1 Å². The Kier molecular flexibility index (Phi) is 35.8. The Morgan fingerprint density at radius 3 is 1.91 bits per heavy atom. The Labute approximate surface area is 96.6 Å². The summed E-state index contributed by atoms with van der Waals surface area (Å²) in [6.07, 6.45) is 0. The van der Waals surface area contributed by atoms with Crippen molar-refractivity contribution in [1.29, 1.82) is 0 Å². The molecule has 0 saturated heterocycles. The molecule has 0 aliphatic rings. The van der Waals surface area contributed by atoms with Crippen molar-refractivity contribution in [3.63, 3.8) is 0 Å². The summed E-state index contributed by atoms with van der Waals surface area (Å²) in [7, 11) is 4.16. The first-order valence-corrected chi connectivity index (χ1v) is 3.12. The first-order valence-electron chi connectivity index (χ1n) is 3.12. The number of likely N-dealkylation sites (N-methyl/N-ethyl adjacent to an activating group) is 2. The fourth-order valence-corrected chi connectivity index (χ4v) is 0.479. The topological polar surface area (TPSA) is 15.3 Å². The molecule has 0 aliphatic heterocycles. The number of nitrogens with zero attached hydrogens (tertiary/aromatic N) is 1. The quantitative estimate of drug-likeness (QED) is 0.488. The van der Waals surface area contributed by atoms with Gasteiger partial charge < -0.3 is 35.0 Å². The van der Waals surface area contributed by atoms with Crippen LogP contribution in [0.2, 0.25) is 0 Å². The van der Waals surface area contributed by atoms with E-state index >= 15 is 0 Å². The van der Waals surface area contributed by atoms with Gasteiger partial charge in [-0.2, -0.15) is 0 Å². The fraction of sp³-hybridized carbons (Fsp3) is 1.00. The van der Waals surface area contributed by atoms with Gasteiger partial charge in [0, 0.05) is 13.1 Å². The van der Waals surface area contributed by atoms with E-state index in [1.165, 1.54) is 0 Å². The fourth-order valence-electron chi connectivity index (χ4n) is 0.479. The van der Waals surface area contributed by atoms with Gasteiger partial charge in [-0.1, -0.05) is 6.92 Å². The zero-order valence-electron chi connectivity index (χ0n) is 7.14. The van der Waals surface area contributed by atoms with Crippen LogP contribution in [-0.4, -0.2) is 38.6 Å². The second-order valence-corrected chi connectivity index (χ2v) is 2.16. The molecule has 0 fully saturated rings. The Morgan fingerprint density at radius 1 is 1.18 bits per heavy atom. The molecule has 0 aliphatic carbocycles. The number of hydrogen-bond acceptors (Lipinski definition) is 2. The Bertz CT molecular complexity index is 55.8. The van der Waals surface area contributed by atoms with Gasteiger partial charge in [0.1, 0.15) is 0 Å². The third-order valence-corrected chi connectivity index (χ3v) is 0.986. The SMILES string of the molecule is CCNCCN(C)C.[Cl-].[Cl-].[Pt+2]. The van der Waals surface area contributed by atoms with Crippen LogP contribution in [0.3, 0.4) is 0 Å². The molecule has 0 unspecified atom stereocenters. The molecule has 0 radical (unpaired) electrons. The molecular formula is C6H16Cl2N2Pt. The van der Waals surface area contributed by atoms with E-state index in [1.54, 1.807) is 0 Å². The molecule has 0 rings (SSSR count). The standard InChI is InChI=1S/C6H16N2.2ClH.Pt/c1-4-7-5-6-8(2)3;;;/h7H,4-6H2,1-3H3;2*1H;/q;;;+2/p-2. The average molecular weight is 382 g/mol. The van der Waals surface area contributed by atoms with Gasteiger partial charge in [0.25, 0.3) is 0 Å². The summed E-state index contributed by atoms with van der Waals surface area (Å²) in [5, 5.41) is 3.24. The summed E-state index contributed by atoms with van der Waals surface area (Å²) in [6, 6.07) is 0. The molecule has 11 heavy (non-hydrogen) atoms. The summed E-state index contributed by atoms with van der Waals surface area (Å²) < 4.78 is 0. The van der Waals surface area contributed by atoms with Gasteiger partial charge in [0.15, 0.2) is 0 Å². The molecule has 1 N–H and O–H groups in total. The molecule has 0 aromatic rings. The van der Waals surface area contributed by atoms with E-state index in [-0.39, 0.29) is 45.9 Å². The minimum atomic E-state index is 0. The minimum Gasteiger partial charge on any atom is -1.00 e. The molecule has 2 nitrogen and oxygen atoms in total. The van der Waals surface area contributed by atoms with Crippen molar-refractivity contribution in [1.82, 2.24) is 10.2 Å². The van der Waals surface area contributed by atoms with Crippen molar-refractivity contribution in [2.45, 2.75) is 6.92 Å². The zero-order chi connectivity index (χ0) is 6.41. The Morgan fingerprint density at radius 2 is 1.64 bits per heavy atom. The van der Waals surface area contributed by atoms with Gasteiger partial charge >= 0.3 is 21.1 Å². The third kappa shape index (κ3) is 24.7. The van der Waals surface area contributed by atoms with Crippen molar-refractivity contribution in [3.8, 4) is 0 Å². The number of halogens is 2. The van der Waals surface area contributed by atoms with E-state index in [0.717, 1.165) is 19.6 Å². The largest absolute Gasteiger partial charge is 2.00 e. The van der Waals surface area contributed by atoms with E-state index in [0.29, 0.717) is 0 Å². The molecule has 0 spiro atoms. The summed E-state index contributed by atoms with van der Waals surface area (Å²) in [5.74, 6) is 0. The van der Waals surface area contributed by atoms with E-state index in [2.05, 4.69) is 31.2 Å². The van der Waals surface area contributed by atoms with Gasteiger partial charge in [-0.25, -0.2) is 0 Å². The molecule has 0 atom stereocenters. The van der Waals surface area contributed by atoms with Crippen molar-refractivity contribution in [2.75, 3.05) is 33.7 Å². The molecule has 0 amide bonds. The van der Waals surface area contributed by atoms with Crippen molar-refractivity contribution in [2.24, 2.45) is 0 Å². The maximum atomic E-state index is 3.24. The van der Waals surface area contributed by atoms with E-state index < -0.39 is 0 Å². The van der Waals surface area contributed by atoms with E-state index in [9.17, 15) is 0 Å². The van der Waals surface area contributed by atoms with Crippen LogP contribution in [0.25, 0.3) is 0 Å². The minimum absolute atomic E-state index is 0. The first kappa shape index (κ1) is 22.8. The molecular weight excluding hydrogens is 366 g/mol. The maximum Gasteiger partial charge on any atom is 2.00 e. The van der Waals surface area contributed by atoms with Crippen molar-refractivity contribution >= 4 is 0 Å². The van der Waals surface area contributed by atoms with Crippen LogP contribution in [0.1, 0.15) is 6.92 Å². The van der Waals surface area contributed by atoms with Crippen molar-refractivity contribution < 1.29 is 45.9 Å². The van der Waals surface area contributed by atoms with Gasteiger partial charge in [-0.3, -0.25) is 0 Å². The van der Waals surface area contributed by atoms with Crippen LogP contribution in [0.5, 0.6) is 0 Å². The van der Waals surface area contributed by atoms with Crippen LogP contribution < -0.4 is 30.1 Å². The summed E-state index contributed by atoms with van der Waals surface area (Å²) >= 11 is 0. The number of hydrogen-bond donors (Lipinski definition) is 1. The van der Waals surface area contributed by atoms with Gasteiger partial charge in [0.05, 0.1) is 0 Å². The summed E-state index contributed by atoms with van der Waals surface area (Å²) in [5.41, 5.74) is 0. The van der Waals surface area contributed by atoms with Gasteiger partial charge in [-0.05, 0) is 20.6 Å². The smallest absolute Gasteiger partial charge is 1.00 e. The third-order valence-electron chi connectivity index (χ3n) is 0.986. The molecule has 0 heterocycles. The number of nitrogens with one attached hydrogen (secondary N) is 1. The normalized spacial score (nSPS) is 7.64. The monoisotopic (exact) mass is 381 g/mol. The van der Waals surface area contributed by atoms with E-state index in [1.807, 2.05) is 0 Å². The first-order chi connectivity index (χ1) is 3.77. The predicted molar refractivity (Wildman–Crippen MR) is 37.1 cm³/mol.